The van der Waals surface area contributed by atoms with Gasteiger partial charge in [-0.05, 0) is 19.1 Å². The molecular weight excluding hydrogens is 392 g/mol. The van der Waals surface area contributed by atoms with Crippen LogP contribution in [0.4, 0.5) is 14.5 Å². The lowest BCUT2D eigenvalue weighted by Gasteiger charge is -2.07. The van der Waals surface area contributed by atoms with E-state index in [1.165, 1.54) is 18.7 Å². The van der Waals surface area contributed by atoms with Crippen molar-refractivity contribution in [1.29, 1.82) is 0 Å². The van der Waals surface area contributed by atoms with Gasteiger partial charge in [-0.3, -0.25) is 18.7 Å². The third-order valence-electron chi connectivity index (χ3n) is 4.17. The summed E-state index contributed by atoms with van der Waals surface area (Å²) in [5, 5.41) is 2.74. The molecule has 1 N–H and O–H groups in total. The highest BCUT2D eigenvalue weighted by atomic mass is 32.2. The van der Waals surface area contributed by atoms with Crippen LogP contribution in [0.25, 0.3) is 11.2 Å². The predicted octanol–water partition coefficient (Wildman–Crippen LogP) is 1.46. The third kappa shape index (κ3) is 3.44. The summed E-state index contributed by atoms with van der Waals surface area (Å²) in [6.07, 6.45) is 0. The number of hydrogen-bond acceptors (Lipinski definition) is 5. The molecule has 11 heteroatoms. The molecule has 0 unspecified atom stereocenters. The normalized spacial score (nSPS) is 11.2. The van der Waals surface area contributed by atoms with Gasteiger partial charge in [0, 0.05) is 26.7 Å². The highest BCUT2D eigenvalue weighted by molar-refractivity contribution is 7.99. The number of fused-ring (bicyclic) bond motifs is 1. The largest absolute Gasteiger partial charge is 0.332 e. The van der Waals surface area contributed by atoms with Crippen molar-refractivity contribution in [1.82, 2.24) is 18.7 Å². The summed E-state index contributed by atoms with van der Waals surface area (Å²) in [5.41, 5.74) is -0.620. The molecule has 0 fully saturated rings. The maximum Gasteiger partial charge on any atom is 0.332 e. The number of thioether (sulfide) groups is 1. The maximum absolute atomic E-state index is 13.6. The molecule has 3 aromatic rings. The van der Waals surface area contributed by atoms with Crippen LogP contribution in [0.1, 0.15) is 6.92 Å². The Hall–Kier alpha value is -2.95. The monoisotopic (exact) mass is 409 g/mol. The molecule has 0 radical (unpaired) electrons. The van der Waals surface area contributed by atoms with Crippen molar-refractivity contribution >= 4 is 34.5 Å². The van der Waals surface area contributed by atoms with Crippen LogP contribution in [-0.4, -0.2) is 30.3 Å². The molecule has 8 nitrogen and oxygen atoms in total. The van der Waals surface area contributed by atoms with E-state index in [4.69, 9.17) is 0 Å². The van der Waals surface area contributed by atoms with E-state index in [-0.39, 0.29) is 22.6 Å². The molecular formula is C17H17F2N5O3S. The number of aromatic nitrogens is 4. The van der Waals surface area contributed by atoms with Crippen LogP contribution in [-0.2, 0) is 25.4 Å². The van der Waals surface area contributed by atoms with Crippen molar-refractivity contribution < 1.29 is 13.6 Å². The Morgan fingerprint density at radius 3 is 2.57 bits per heavy atom. The van der Waals surface area contributed by atoms with E-state index in [0.717, 1.165) is 28.5 Å². The zero-order chi connectivity index (χ0) is 20.6. The van der Waals surface area contributed by atoms with Crippen molar-refractivity contribution in [2.24, 2.45) is 14.1 Å². The molecule has 0 aliphatic carbocycles. The molecule has 1 aromatic carbocycles. The fourth-order valence-electron chi connectivity index (χ4n) is 2.74. The molecule has 1 amide bonds. The number of carbonyl (C=O) groups excluding carboxylic acids is 1. The predicted molar refractivity (Wildman–Crippen MR) is 102 cm³/mol. The van der Waals surface area contributed by atoms with E-state index in [0.29, 0.717) is 17.8 Å². The van der Waals surface area contributed by atoms with Gasteiger partial charge in [-0.15, -0.1) is 0 Å². The quantitative estimate of drug-likeness (QED) is 0.645. The van der Waals surface area contributed by atoms with Gasteiger partial charge < -0.3 is 9.88 Å². The molecule has 2 heterocycles. The van der Waals surface area contributed by atoms with Crippen molar-refractivity contribution in [2.75, 3.05) is 11.1 Å². The van der Waals surface area contributed by atoms with Crippen LogP contribution in [0.3, 0.4) is 0 Å². The highest BCUT2D eigenvalue weighted by Crippen LogP contribution is 2.22. The number of carbonyl (C=O) groups is 1. The molecule has 148 valence electrons. The minimum Gasteiger partial charge on any atom is -0.323 e. The van der Waals surface area contributed by atoms with Crippen molar-refractivity contribution in [2.45, 2.75) is 18.6 Å². The van der Waals surface area contributed by atoms with Crippen molar-refractivity contribution in [3.8, 4) is 0 Å². The SMILES string of the molecule is CCn1c(SCC(=O)Nc2ccc(F)cc2F)nc2c1c(=O)n(C)c(=O)n2C. The number of aryl methyl sites for hydroxylation is 2. The molecule has 0 bridgehead atoms. The van der Waals surface area contributed by atoms with Gasteiger partial charge in [-0.25, -0.2) is 18.6 Å². The standard InChI is InChI=1S/C17H17F2N5O3S/c1-4-24-13-14(22(2)17(27)23(3)15(13)26)21-16(24)28-8-12(25)20-11-6-5-9(18)7-10(11)19/h5-7H,4,8H2,1-3H3,(H,20,25). The van der Waals surface area contributed by atoms with Crippen LogP contribution in [0.15, 0.2) is 32.9 Å². The number of nitrogens with one attached hydrogen (secondary N) is 1. The number of amides is 1. The smallest absolute Gasteiger partial charge is 0.323 e. The van der Waals surface area contributed by atoms with Gasteiger partial charge in [-0.1, -0.05) is 11.8 Å². The molecule has 28 heavy (non-hydrogen) atoms. The van der Waals surface area contributed by atoms with E-state index in [1.54, 1.807) is 4.57 Å². The number of imidazole rings is 1. The minimum atomic E-state index is -0.877. The Morgan fingerprint density at radius 2 is 1.93 bits per heavy atom. The fraction of sp³-hybridized carbons (Fsp3) is 0.294. The summed E-state index contributed by atoms with van der Waals surface area (Å²) in [6, 6.07) is 2.85. The van der Waals surface area contributed by atoms with Crippen LogP contribution in [0.5, 0.6) is 0 Å². The number of rotatable bonds is 5. The third-order valence-corrected chi connectivity index (χ3v) is 5.14. The summed E-state index contributed by atoms with van der Waals surface area (Å²) in [5.74, 6) is -2.26. The van der Waals surface area contributed by atoms with E-state index in [2.05, 4.69) is 10.3 Å². The average Bonchev–Trinajstić information content (AvgIpc) is 3.04. The van der Waals surface area contributed by atoms with E-state index < -0.39 is 28.8 Å². The number of halogens is 2. The number of hydrogen-bond donors (Lipinski definition) is 1. The molecule has 0 atom stereocenters. The zero-order valence-electron chi connectivity index (χ0n) is 15.3. The van der Waals surface area contributed by atoms with Crippen molar-refractivity contribution in [3.05, 3.63) is 50.7 Å². The maximum atomic E-state index is 13.6. The minimum absolute atomic E-state index is 0.117. The first-order valence-corrected chi connectivity index (χ1v) is 9.27. The van der Waals surface area contributed by atoms with Gasteiger partial charge in [0.25, 0.3) is 5.56 Å². The summed E-state index contributed by atoms with van der Waals surface area (Å²) in [6.45, 7) is 2.21. The number of nitrogens with zero attached hydrogens (tertiary/aromatic N) is 4. The Morgan fingerprint density at radius 1 is 1.21 bits per heavy atom. The molecule has 0 aliphatic rings. The van der Waals surface area contributed by atoms with E-state index in [9.17, 15) is 23.2 Å². The van der Waals surface area contributed by atoms with Crippen molar-refractivity contribution in [3.63, 3.8) is 0 Å². The summed E-state index contributed by atoms with van der Waals surface area (Å²) in [7, 11) is 2.89. The number of anilines is 1. The first kappa shape index (κ1) is 19.8. The molecule has 0 spiro atoms. The van der Waals surface area contributed by atoms with Gasteiger partial charge in [0.05, 0.1) is 11.4 Å². The summed E-state index contributed by atoms with van der Waals surface area (Å²) < 4.78 is 30.5. The Bertz CT molecular complexity index is 1200. The second kappa shape index (κ2) is 7.58. The molecule has 3 rings (SSSR count). The zero-order valence-corrected chi connectivity index (χ0v) is 16.1. The second-order valence-electron chi connectivity index (χ2n) is 5.98. The second-order valence-corrected chi connectivity index (χ2v) is 6.92. The van der Waals surface area contributed by atoms with Crippen LogP contribution >= 0.6 is 11.8 Å². The van der Waals surface area contributed by atoms with Crippen LogP contribution in [0, 0.1) is 11.6 Å². The molecule has 2 aromatic heterocycles. The fourth-order valence-corrected chi connectivity index (χ4v) is 3.60. The lowest BCUT2D eigenvalue weighted by Crippen LogP contribution is -2.37. The van der Waals surface area contributed by atoms with Crippen LogP contribution in [0.2, 0.25) is 0 Å². The Labute approximate surface area is 161 Å². The van der Waals surface area contributed by atoms with E-state index in [1.807, 2.05) is 6.92 Å². The first-order valence-electron chi connectivity index (χ1n) is 8.28. The Kier molecular flexibility index (Phi) is 5.36. The van der Waals surface area contributed by atoms with Gasteiger partial charge in [0.2, 0.25) is 5.91 Å². The van der Waals surface area contributed by atoms with Gasteiger partial charge >= 0.3 is 5.69 Å². The van der Waals surface area contributed by atoms with Gasteiger partial charge in [0.15, 0.2) is 16.3 Å². The first-order chi connectivity index (χ1) is 13.2. The Balaban J connectivity index is 1.87. The highest BCUT2D eigenvalue weighted by Gasteiger charge is 2.19. The molecule has 0 aliphatic heterocycles. The average molecular weight is 409 g/mol. The molecule has 0 saturated heterocycles. The van der Waals surface area contributed by atoms with E-state index >= 15 is 0 Å². The topological polar surface area (TPSA) is 90.9 Å². The lowest BCUT2D eigenvalue weighted by atomic mass is 10.3. The van der Waals surface area contributed by atoms with Gasteiger partial charge in [-0.2, -0.15) is 0 Å². The van der Waals surface area contributed by atoms with Gasteiger partial charge in [0.1, 0.15) is 11.6 Å². The molecule has 0 saturated carbocycles. The lowest BCUT2D eigenvalue weighted by molar-refractivity contribution is -0.113. The number of benzene rings is 1. The summed E-state index contributed by atoms with van der Waals surface area (Å²) in [4.78, 5) is 41.0. The van der Waals surface area contributed by atoms with Crippen LogP contribution < -0.4 is 16.6 Å². The summed E-state index contributed by atoms with van der Waals surface area (Å²) >= 11 is 1.04.